The molecule has 1 saturated heterocycles. The molecule has 84 valence electrons. The highest BCUT2D eigenvalue weighted by Crippen LogP contribution is 2.34. The molecule has 0 bridgehead atoms. The van der Waals surface area contributed by atoms with E-state index in [1.54, 1.807) is 0 Å². The van der Waals surface area contributed by atoms with E-state index < -0.39 is 0 Å². The lowest BCUT2D eigenvalue weighted by Crippen LogP contribution is -2.42. The van der Waals surface area contributed by atoms with Gasteiger partial charge < -0.3 is 5.11 Å². The molecule has 3 nitrogen and oxygen atoms in total. The predicted molar refractivity (Wildman–Crippen MR) is 58.2 cm³/mol. The zero-order valence-electron chi connectivity index (χ0n) is 9.23. The number of rotatable bonds is 2. The quantitative estimate of drug-likeness (QED) is 0.700. The molecule has 0 amide bonds. The van der Waals surface area contributed by atoms with Crippen LogP contribution in [-0.4, -0.2) is 35.2 Å². The van der Waals surface area contributed by atoms with Gasteiger partial charge in [0.15, 0.2) is 0 Å². The number of likely N-dealkylation sites (tertiary alicyclic amines) is 1. The van der Waals surface area contributed by atoms with Crippen LogP contribution in [0.3, 0.4) is 0 Å². The smallest absolute Gasteiger partial charge is 0.0868 e. The summed E-state index contributed by atoms with van der Waals surface area (Å²) in [5, 5.41) is 18.8. The summed E-state index contributed by atoms with van der Waals surface area (Å²) in [6, 6.07) is 2.71. The van der Waals surface area contributed by atoms with E-state index in [0.717, 1.165) is 19.4 Å². The molecule has 1 heterocycles. The van der Waals surface area contributed by atoms with Crippen LogP contribution in [0.15, 0.2) is 0 Å². The third-order valence-electron chi connectivity index (χ3n) is 3.96. The molecule has 0 aromatic carbocycles. The van der Waals surface area contributed by atoms with Crippen LogP contribution in [0.1, 0.15) is 38.5 Å². The molecule has 15 heavy (non-hydrogen) atoms. The fraction of sp³-hybridized carbons (Fsp3) is 0.917. The monoisotopic (exact) mass is 208 g/mol. The van der Waals surface area contributed by atoms with Crippen molar-refractivity contribution in [1.29, 1.82) is 5.26 Å². The zero-order chi connectivity index (χ0) is 10.7. The van der Waals surface area contributed by atoms with Gasteiger partial charge in [0, 0.05) is 12.0 Å². The van der Waals surface area contributed by atoms with E-state index in [-0.39, 0.29) is 6.10 Å². The van der Waals surface area contributed by atoms with Gasteiger partial charge in [0.2, 0.25) is 0 Å². The summed E-state index contributed by atoms with van der Waals surface area (Å²) < 4.78 is 0. The minimum absolute atomic E-state index is 0.122. The topological polar surface area (TPSA) is 47.3 Å². The summed E-state index contributed by atoms with van der Waals surface area (Å²) in [5.41, 5.74) is 0. The Labute approximate surface area is 91.7 Å². The van der Waals surface area contributed by atoms with E-state index in [1.165, 1.54) is 25.7 Å². The summed E-state index contributed by atoms with van der Waals surface area (Å²) in [6.45, 7) is 1.58. The Balaban J connectivity index is 1.98. The van der Waals surface area contributed by atoms with Gasteiger partial charge >= 0.3 is 0 Å². The van der Waals surface area contributed by atoms with Crippen molar-refractivity contribution in [1.82, 2.24) is 4.90 Å². The van der Waals surface area contributed by atoms with Crippen molar-refractivity contribution in [3.63, 3.8) is 0 Å². The first-order chi connectivity index (χ1) is 7.33. The molecular formula is C12H20N2O. The Morgan fingerprint density at radius 2 is 2.00 bits per heavy atom. The van der Waals surface area contributed by atoms with Crippen molar-refractivity contribution in [2.24, 2.45) is 5.92 Å². The van der Waals surface area contributed by atoms with Gasteiger partial charge in [-0.05, 0) is 32.2 Å². The van der Waals surface area contributed by atoms with Crippen LogP contribution in [-0.2, 0) is 0 Å². The number of aliphatic hydroxyl groups excluding tert-OH is 1. The molecule has 0 spiro atoms. The van der Waals surface area contributed by atoms with E-state index in [2.05, 4.69) is 11.0 Å². The normalized spacial score (nSPS) is 37.7. The van der Waals surface area contributed by atoms with E-state index in [4.69, 9.17) is 5.26 Å². The summed E-state index contributed by atoms with van der Waals surface area (Å²) in [6.07, 6.45) is 6.76. The molecular weight excluding hydrogens is 188 g/mol. The molecule has 0 unspecified atom stereocenters. The summed E-state index contributed by atoms with van der Waals surface area (Å²) in [7, 11) is 0. The van der Waals surface area contributed by atoms with Crippen molar-refractivity contribution >= 4 is 0 Å². The molecule has 0 radical (unpaired) electrons. The Morgan fingerprint density at radius 3 is 2.73 bits per heavy atom. The summed E-state index contributed by atoms with van der Waals surface area (Å²) in [5.74, 6) is 0.426. The molecule has 1 aliphatic heterocycles. The summed E-state index contributed by atoms with van der Waals surface area (Å²) >= 11 is 0. The van der Waals surface area contributed by atoms with E-state index in [1.807, 2.05) is 0 Å². The first-order valence-electron chi connectivity index (χ1n) is 6.12. The lowest BCUT2D eigenvalue weighted by molar-refractivity contribution is 0.0253. The van der Waals surface area contributed by atoms with Crippen LogP contribution in [0.25, 0.3) is 0 Å². The van der Waals surface area contributed by atoms with E-state index in [9.17, 15) is 5.11 Å². The zero-order valence-corrected chi connectivity index (χ0v) is 9.23. The van der Waals surface area contributed by atoms with Crippen LogP contribution >= 0.6 is 0 Å². The number of aliphatic hydroxyl groups is 1. The second kappa shape index (κ2) is 4.96. The van der Waals surface area contributed by atoms with Crippen molar-refractivity contribution in [3.8, 4) is 6.07 Å². The maximum absolute atomic E-state index is 10.0. The molecule has 3 atom stereocenters. The Morgan fingerprint density at radius 1 is 1.20 bits per heavy atom. The Bertz CT molecular complexity index is 248. The van der Waals surface area contributed by atoms with Gasteiger partial charge in [-0.2, -0.15) is 5.26 Å². The molecule has 2 aliphatic rings. The van der Waals surface area contributed by atoms with Gasteiger partial charge in [-0.3, -0.25) is 4.90 Å². The molecule has 3 heteroatoms. The van der Waals surface area contributed by atoms with Crippen molar-refractivity contribution in [3.05, 3.63) is 0 Å². The lowest BCUT2D eigenvalue weighted by Gasteiger charge is -2.36. The molecule has 1 saturated carbocycles. The lowest BCUT2D eigenvalue weighted by atomic mass is 9.80. The van der Waals surface area contributed by atoms with Crippen LogP contribution in [0.2, 0.25) is 0 Å². The van der Waals surface area contributed by atoms with Gasteiger partial charge in [-0.25, -0.2) is 0 Å². The third kappa shape index (κ3) is 2.32. The second-order valence-corrected chi connectivity index (χ2v) is 4.85. The number of nitrogens with zero attached hydrogens (tertiary/aromatic N) is 2. The Kier molecular flexibility index (Phi) is 3.61. The number of hydrogen-bond acceptors (Lipinski definition) is 3. The maximum atomic E-state index is 10.0. The highest BCUT2D eigenvalue weighted by Gasteiger charge is 2.36. The van der Waals surface area contributed by atoms with Gasteiger partial charge in [0.05, 0.1) is 18.7 Å². The highest BCUT2D eigenvalue weighted by molar-refractivity contribution is 4.93. The average Bonchev–Trinajstić information content (AvgIpc) is 2.67. The largest absolute Gasteiger partial charge is 0.393 e. The average molecular weight is 208 g/mol. The standard InChI is InChI=1S/C12H20N2O/c13-7-9-14-8-3-5-11(14)10-4-1-2-6-12(10)15/h10-12,15H,1-6,8-9H2/t10-,11-,12-/m1/s1. The van der Waals surface area contributed by atoms with Crippen LogP contribution in [0, 0.1) is 17.2 Å². The number of hydrogen-bond donors (Lipinski definition) is 1. The second-order valence-electron chi connectivity index (χ2n) is 4.85. The molecule has 0 aromatic heterocycles. The predicted octanol–water partition coefficient (Wildman–Crippen LogP) is 1.53. The van der Waals surface area contributed by atoms with Crippen molar-refractivity contribution in [2.75, 3.05) is 13.1 Å². The van der Waals surface area contributed by atoms with Crippen LogP contribution in [0.5, 0.6) is 0 Å². The van der Waals surface area contributed by atoms with Crippen LogP contribution < -0.4 is 0 Å². The van der Waals surface area contributed by atoms with Crippen molar-refractivity contribution < 1.29 is 5.11 Å². The first-order valence-corrected chi connectivity index (χ1v) is 6.12. The molecule has 1 N–H and O–H groups in total. The van der Waals surface area contributed by atoms with Gasteiger partial charge in [0.1, 0.15) is 0 Å². The fourth-order valence-corrected chi connectivity index (χ4v) is 3.21. The van der Waals surface area contributed by atoms with Gasteiger partial charge in [-0.1, -0.05) is 12.8 Å². The molecule has 1 aliphatic carbocycles. The Hall–Kier alpha value is -0.590. The molecule has 0 aromatic rings. The molecule has 2 rings (SSSR count). The minimum Gasteiger partial charge on any atom is -0.393 e. The highest BCUT2D eigenvalue weighted by atomic mass is 16.3. The maximum Gasteiger partial charge on any atom is 0.0868 e. The fourth-order valence-electron chi connectivity index (χ4n) is 3.21. The SMILES string of the molecule is N#CCN1CCC[C@@H]1[C@H]1CCCC[C@H]1O. The van der Waals surface area contributed by atoms with Crippen LogP contribution in [0.4, 0.5) is 0 Å². The molecule has 2 fully saturated rings. The van der Waals surface area contributed by atoms with E-state index in [0.29, 0.717) is 18.5 Å². The summed E-state index contributed by atoms with van der Waals surface area (Å²) in [4.78, 5) is 2.26. The van der Waals surface area contributed by atoms with Gasteiger partial charge in [0.25, 0.3) is 0 Å². The van der Waals surface area contributed by atoms with Crippen molar-refractivity contribution in [2.45, 2.75) is 50.7 Å². The third-order valence-corrected chi connectivity index (χ3v) is 3.96. The first kappa shape index (κ1) is 10.9. The van der Waals surface area contributed by atoms with Gasteiger partial charge in [-0.15, -0.1) is 0 Å². The minimum atomic E-state index is -0.122. The number of nitriles is 1. The van der Waals surface area contributed by atoms with E-state index >= 15 is 0 Å².